The zero-order valence-electron chi connectivity index (χ0n) is 14.8. The maximum Gasteiger partial charge on any atom is 0.256 e. The van der Waals surface area contributed by atoms with Crippen LogP contribution < -0.4 is 0 Å². The van der Waals surface area contributed by atoms with E-state index in [2.05, 4.69) is 0 Å². The highest BCUT2D eigenvalue weighted by atomic mass is 32.3. The molecule has 0 aliphatic rings. The van der Waals surface area contributed by atoms with Crippen molar-refractivity contribution in [1.82, 2.24) is 3.71 Å². The highest BCUT2D eigenvalue weighted by Crippen LogP contribution is 2.28. The molecule has 3 rings (SSSR count). The summed E-state index contributed by atoms with van der Waals surface area (Å²) in [5.74, 6) is -0.167. The van der Waals surface area contributed by atoms with Crippen molar-refractivity contribution in [3.8, 4) is 0 Å². The van der Waals surface area contributed by atoms with Gasteiger partial charge in [-0.05, 0) is 43.3 Å². The Hall–Kier alpha value is -2.33. The first kappa shape index (κ1) is 20.4. The van der Waals surface area contributed by atoms with Gasteiger partial charge < -0.3 is 0 Å². The van der Waals surface area contributed by atoms with Gasteiger partial charge in [0.05, 0.1) is 21.2 Å². The lowest BCUT2D eigenvalue weighted by atomic mass is 10.3. The third-order valence-electron chi connectivity index (χ3n) is 3.91. The molecular formula is C19H17NO5S3. The van der Waals surface area contributed by atoms with E-state index in [9.17, 15) is 21.6 Å². The monoisotopic (exact) mass is 435 g/mol. The minimum absolute atomic E-state index is 0.127. The number of hydrogen-bond donors (Lipinski definition) is 0. The van der Waals surface area contributed by atoms with Crippen molar-refractivity contribution in [2.75, 3.05) is 0 Å². The summed E-state index contributed by atoms with van der Waals surface area (Å²) in [6.07, 6.45) is 0. The van der Waals surface area contributed by atoms with E-state index >= 15 is 0 Å². The fourth-order valence-corrected chi connectivity index (χ4v) is 7.19. The van der Waals surface area contributed by atoms with Gasteiger partial charge in [0.25, 0.3) is 20.0 Å². The highest BCUT2D eigenvalue weighted by molar-refractivity contribution is 8.04. The molecule has 0 unspecified atom stereocenters. The number of nitrogens with zero attached hydrogens (tertiary/aromatic N) is 1. The molecule has 0 amide bonds. The van der Waals surface area contributed by atoms with Crippen LogP contribution in [0.2, 0.25) is 0 Å². The average Bonchev–Trinajstić information content (AvgIpc) is 3.16. The molecule has 0 spiro atoms. The lowest BCUT2D eigenvalue weighted by molar-refractivity contribution is 0.102. The van der Waals surface area contributed by atoms with E-state index in [4.69, 9.17) is 0 Å². The first-order chi connectivity index (χ1) is 13.2. The zero-order chi connectivity index (χ0) is 20.4. The Balaban J connectivity index is 2.12. The fourth-order valence-electron chi connectivity index (χ4n) is 2.50. The molecule has 3 aromatic rings. The normalized spacial score (nSPS) is 12.2. The molecule has 0 saturated carbocycles. The molecule has 2 aromatic carbocycles. The summed E-state index contributed by atoms with van der Waals surface area (Å²) in [5, 5.41) is 0. The first-order valence-electron chi connectivity index (χ1n) is 8.20. The minimum atomic E-state index is -4.35. The van der Waals surface area contributed by atoms with E-state index in [1.165, 1.54) is 55.5 Å². The molecule has 9 heteroatoms. The van der Waals surface area contributed by atoms with Crippen molar-refractivity contribution < 1.29 is 21.6 Å². The van der Waals surface area contributed by atoms with Gasteiger partial charge in [0, 0.05) is 4.88 Å². The molecule has 1 heterocycles. The van der Waals surface area contributed by atoms with Crippen LogP contribution >= 0.6 is 11.3 Å². The van der Waals surface area contributed by atoms with Gasteiger partial charge in [-0.3, -0.25) is 4.79 Å². The van der Waals surface area contributed by atoms with Crippen LogP contribution in [0.1, 0.15) is 21.5 Å². The molecule has 0 aliphatic heterocycles. The summed E-state index contributed by atoms with van der Waals surface area (Å²) < 4.78 is 53.2. The van der Waals surface area contributed by atoms with Gasteiger partial charge in [0.2, 0.25) is 0 Å². The van der Waals surface area contributed by atoms with Crippen LogP contribution in [-0.4, -0.2) is 26.3 Å². The van der Waals surface area contributed by atoms with Crippen molar-refractivity contribution in [1.29, 1.82) is 0 Å². The summed E-state index contributed by atoms with van der Waals surface area (Å²) in [5.41, 5.74) is 0. The molecule has 6 nitrogen and oxygen atoms in total. The number of sulfonamides is 2. The van der Waals surface area contributed by atoms with E-state index in [1.807, 2.05) is 0 Å². The van der Waals surface area contributed by atoms with Gasteiger partial charge in [-0.15, -0.1) is 11.3 Å². The summed E-state index contributed by atoms with van der Waals surface area (Å²) in [6.45, 7) is 1.00. The molecule has 0 atom stereocenters. The van der Waals surface area contributed by atoms with Crippen LogP contribution in [0.25, 0.3) is 0 Å². The van der Waals surface area contributed by atoms with E-state index < -0.39 is 26.6 Å². The van der Waals surface area contributed by atoms with Crippen molar-refractivity contribution >= 4 is 37.2 Å². The van der Waals surface area contributed by atoms with Gasteiger partial charge >= 0.3 is 0 Å². The van der Waals surface area contributed by atoms with E-state index in [0.717, 1.165) is 11.3 Å². The van der Waals surface area contributed by atoms with Crippen molar-refractivity contribution in [3.05, 3.63) is 82.6 Å². The Kier molecular flexibility index (Phi) is 5.80. The molecule has 0 saturated heterocycles. The number of benzene rings is 2. The van der Waals surface area contributed by atoms with Gasteiger partial charge in [-0.1, -0.05) is 40.1 Å². The summed E-state index contributed by atoms with van der Waals surface area (Å²) in [7, 11) is -8.70. The van der Waals surface area contributed by atoms with Crippen LogP contribution in [0.5, 0.6) is 0 Å². The Bertz CT molecular complexity index is 1120. The number of thiophene rings is 1. The Morgan fingerprint density at radius 1 is 0.786 bits per heavy atom. The Morgan fingerprint density at radius 2 is 1.25 bits per heavy atom. The average molecular weight is 436 g/mol. The van der Waals surface area contributed by atoms with Gasteiger partial charge in [-0.2, -0.15) is 0 Å². The third kappa shape index (κ3) is 4.07. The number of Topliss-reactive ketones (excluding diaryl/α,β-unsaturated/α-hetero) is 1. The van der Waals surface area contributed by atoms with Gasteiger partial charge in [0.1, 0.15) is 0 Å². The van der Waals surface area contributed by atoms with Crippen LogP contribution in [0.4, 0.5) is 0 Å². The van der Waals surface area contributed by atoms with Crippen molar-refractivity contribution in [2.45, 2.75) is 23.3 Å². The molecule has 146 valence electrons. The van der Waals surface area contributed by atoms with Crippen molar-refractivity contribution in [2.24, 2.45) is 0 Å². The standard InChI is InChI=1S/C19H17NO5S3/c1-15(21)19-13-12-16(26-19)14-20(27(22,23)17-8-4-2-5-9-17)28(24,25)18-10-6-3-7-11-18/h2-13H,14H2,1H3. The second-order valence-corrected chi connectivity index (χ2v) is 11.0. The highest BCUT2D eigenvalue weighted by Gasteiger charge is 2.37. The molecule has 0 fully saturated rings. The summed E-state index contributed by atoms with van der Waals surface area (Å²) >= 11 is 1.07. The van der Waals surface area contributed by atoms with E-state index in [0.29, 0.717) is 13.5 Å². The second-order valence-electron chi connectivity index (χ2n) is 5.89. The Labute approximate surface area is 168 Å². The minimum Gasteiger partial charge on any atom is -0.294 e. The predicted molar refractivity (Wildman–Crippen MR) is 107 cm³/mol. The largest absolute Gasteiger partial charge is 0.294 e. The summed E-state index contributed by atoms with van der Waals surface area (Å²) in [6, 6.07) is 17.9. The lowest BCUT2D eigenvalue weighted by Crippen LogP contribution is -2.36. The van der Waals surface area contributed by atoms with Gasteiger partial charge in [-0.25, -0.2) is 16.8 Å². The summed E-state index contributed by atoms with van der Waals surface area (Å²) in [4.78, 5) is 12.2. The fraction of sp³-hybridized carbons (Fsp3) is 0.105. The first-order valence-corrected chi connectivity index (χ1v) is 11.9. The quantitative estimate of drug-likeness (QED) is 0.530. The van der Waals surface area contributed by atoms with Crippen LogP contribution in [0.3, 0.4) is 0 Å². The van der Waals surface area contributed by atoms with E-state index in [1.54, 1.807) is 24.3 Å². The molecule has 0 bridgehead atoms. The second kappa shape index (κ2) is 7.96. The zero-order valence-corrected chi connectivity index (χ0v) is 17.3. The topological polar surface area (TPSA) is 88.6 Å². The maximum atomic E-state index is 13.2. The van der Waals surface area contributed by atoms with Crippen molar-refractivity contribution in [3.63, 3.8) is 0 Å². The SMILES string of the molecule is CC(=O)c1ccc(CN(S(=O)(=O)c2ccccc2)S(=O)(=O)c2ccccc2)s1. The molecule has 0 radical (unpaired) electrons. The van der Waals surface area contributed by atoms with Gasteiger partial charge in [0.15, 0.2) is 5.78 Å². The van der Waals surface area contributed by atoms with Crippen LogP contribution in [0, 0.1) is 0 Å². The van der Waals surface area contributed by atoms with Crippen LogP contribution in [0.15, 0.2) is 82.6 Å². The lowest BCUT2D eigenvalue weighted by Gasteiger charge is -2.21. The number of rotatable bonds is 7. The molecule has 1 aromatic heterocycles. The third-order valence-corrected chi connectivity index (χ3v) is 9.33. The maximum absolute atomic E-state index is 13.2. The molecule has 0 aliphatic carbocycles. The Morgan fingerprint density at radius 3 is 1.64 bits per heavy atom. The number of ketones is 1. The van der Waals surface area contributed by atoms with Crippen LogP contribution in [-0.2, 0) is 26.6 Å². The molecule has 28 heavy (non-hydrogen) atoms. The predicted octanol–water partition coefficient (Wildman–Crippen LogP) is 3.53. The number of hydrogen-bond acceptors (Lipinski definition) is 6. The number of carbonyl (C=O) groups is 1. The molecule has 0 N–H and O–H groups in total. The molecular weight excluding hydrogens is 418 g/mol. The smallest absolute Gasteiger partial charge is 0.256 e. The van der Waals surface area contributed by atoms with E-state index in [-0.39, 0.29) is 15.6 Å². The number of carbonyl (C=O) groups excluding carboxylic acids is 1.